The highest BCUT2D eigenvalue weighted by atomic mass is 16.7. The van der Waals surface area contributed by atoms with Gasteiger partial charge in [0.2, 0.25) is 0 Å². The molecule has 7 nitrogen and oxygen atoms in total. The first kappa shape index (κ1) is 24.3. The highest BCUT2D eigenvalue weighted by molar-refractivity contribution is 6.56. The molecule has 0 spiro atoms. The maximum atomic E-state index is 12.3. The minimum absolute atomic E-state index is 0.139. The third-order valence-corrected chi connectivity index (χ3v) is 6.37. The van der Waals surface area contributed by atoms with Gasteiger partial charge in [0.1, 0.15) is 5.60 Å². The molecule has 0 radical (unpaired) electrons. The molecule has 8 heteroatoms. The van der Waals surface area contributed by atoms with Gasteiger partial charge in [-0.1, -0.05) is 30.3 Å². The number of carbonyl (C=O) groups excluding carboxylic acids is 1. The number of aliphatic carboxylic acids is 1. The van der Waals surface area contributed by atoms with Crippen LogP contribution in [0.1, 0.15) is 72.4 Å². The molecule has 1 amide bonds. The molecule has 1 aromatic rings. The molecule has 1 saturated carbocycles. The molecule has 1 saturated heterocycles. The van der Waals surface area contributed by atoms with Crippen LogP contribution in [0.25, 0.3) is 6.08 Å². The van der Waals surface area contributed by atoms with Gasteiger partial charge >= 0.3 is 19.2 Å². The Labute approximate surface area is 190 Å². The van der Waals surface area contributed by atoms with Crippen molar-refractivity contribution < 1.29 is 28.7 Å². The number of carboxylic acid groups (broad SMARTS) is 1. The standard InChI is InChI=1S/C24H34BNO6/c1-21(2,3)30-20(29)26-15-17(25-31-22(4,5)23(6,7)32-25)14-16-10-8-9-11-18(16)24(12-13-24)19(27)28/h8-11,14H,12-13,15H2,1-7H3,(H,26,29)(H,27,28). The van der Waals surface area contributed by atoms with Crippen LogP contribution < -0.4 is 5.32 Å². The summed E-state index contributed by atoms with van der Waals surface area (Å²) in [5.41, 5.74) is -0.357. The average molecular weight is 443 g/mol. The lowest BCUT2D eigenvalue weighted by Crippen LogP contribution is -2.41. The number of rotatable bonds is 6. The van der Waals surface area contributed by atoms with Crippen molar-refractivity contribution in [3.63, 3.8) is 0 Å². The molecule has 0 atom stereocenters. The predicted octanol–water partition coefficient (Wildman–Crippen LogP) is 4.34. The molecule has 1 aromatic carbocycles. The van der Waals surface area contributed by atoms with Crippen molar-refractivity contribution in [2.75, 3.05) is 6.54 Å². The van der Waals surface area contributed by atoms with Crippen LogP contribution in [-0.2, 0) is 24.3 Å². The SMILES string of the molecule is CC(C)(C)OC(=O)NCC(=Cc1ccccc1C1(C(=O)O)CC1)B1OC(C)(C)C(C)(C)O1. The van der Waals surface area contributed by atoms with Crippen molar-refractivity contribution in [1.82, 2.24) is 5.32 Å². The van der Waals surface area contributed by atoms with Crippen LogP contribution in [0, 0.1) is 0 Å². The normalized spacial score (nSPS) is 21.2. The first-order chi connectivity index (χ1) is 14.7. The van der Waals surface area contributed by atoms with E-state index in [2.05, 4.69) is 5.32 Å². The third kappa shape index (κ3) is 5.02. The van der Waals surface area contributed by atoms with Crippen molar-refractivity contribution in [3.05, 3.63) is 40.9 Å². The number of hydrogen-bond acceptors (Lipinski definition) is 5. The lowest BCUT2D eigenvalue weighted by atomic mass is 9.76. The van der Waals surface area contributed by atoms with E-state index in [-0.39, 0.29) is 6.54 Å². The molecular formula is C24H34BNO6. The number of alkyl carbamates (subject to hydrolysis) is 1. The summed E-state index contributed by atoms with van der Waals surface area (Å²) in [7, 11) is -0.692. The van der Waals surface area contributed by atoms with Gasteiger partial charge < -0.3 is 24.5 Å². The Bertz CT molecular complexity index is 911. The number of amides is 1. The van der Waals surface area contributed by atoms with E-state index in [4.69, 9.17) is 14.0 Å². The van der Waals surface area contributed by atoms with Crippen LogP contribution in [0.15, 0.2) is 29.7 Å². The van der Waals surface area contributed by atoms with Crippen LogP contribution in [-0.4, -0.2) is 47.6 Å². The quantitative estimate of drug-likeness (QED) is 0.636. The summed E-state index contributed by atoms with van der Waals surface area (Å²) in [4.78, 5) is 24.2. The van der Waals surface area contributed by atoms with Gasteiger partial charge in [-0.05, 0) is 77.9 Å². The Morgan fingerprint density at radius 2 is 1.69 bits per heavy atom. The first-order valence-electron chi connectivity index (χ1n) is 11.0. The third-order valence-electron chi connectivity index (χ3n) is 6.37. The lowest BCUT2D eigenvalue weighted by Gasteiger charge is -2.32. The van der Waals surface area contributed by atoms with Crippen molar-refractivity contribution >= 4 is 25.3 Å². The van der Waals surface area contributed by atoms with Crippen LogP contribution in [0.3, 0.4) is 0 Å². The summed E-state index contributed by atoms with van der Waals surface area (Å²) in [5.74, 6) is -0.817. The largest absolute Gasteiger partial charge is 0.492 e. The van der Waals surface area contributed by atoms with E-state index < -0.39 is 41.4 Å². The smallest absolute Gasteiger partial charge is 0.481 e. The first-order valence-corrected chi connectivity index (χ1v) is 11.0. The molecule has 0 aromatic heterocycles. The minimum atomic E-state index is -0.854. The molecule has 1 heterocycles. The molecule has 1 aliphatic carbocycles. The predicted molar refractivity (Wildman–Crippen MR) is 123 cm³/mol. The summed E-state index contributed by atoms with van der Waals surface area (Å²) in [6.45, 7) is 13.4. The van der Waals surface area contributed by atoms with E-state index in [9.17, 15) is 14.7 Å². The van der Waals surface area contributed by atoms with Crippen LogP contribution >= 0.6 is 0 Å². The maximum Gasteiger partial charge on any atom is 0.492 e. The van der Waals surface area contributed by atoms with Crippen LogP contribution in [0.5, 0.6) is 0 Å². The fraction of sp³-hybridized carbons (Fsp3) is 0.583. The number of ether oxygens (including phenoxy) is 1. The zero-order valence-electron chi connectivity index (χ0n) is 20.1. The Kier molecular flexibility index (Phi) is 6.26. The summed E-state index contributed by atoms with van der Waals surface area (Å²) in [5, 5.41) is 12.6. The molecule has 32 heavy (non-hydrogen) atoms. The van der Waals surface area contributed by atoms with Gasteiger partial charge in [0.15, 0.2) is 0 Å². The topological polar surface area (TPSA) is 94.1 Å². The fourth-order valence-corrected chi connectivity index (χ4v) is 3.67. The summed E-state index contributed by atoms with van der Waals surface area (Å²) in [6.07, 6.45) is 2.54. The van der Waals surface area contributed by atoms with Gasteiger partial charge in [-0.3, -0.25) is 4.79 Å². The van der Waals surface area contributed by atoms with E-state index in [1.165, 1.54) is 0 Å². The number of hydrogen-bond donors (Lipinski definition) is 2. The zero-order valence-corrected chi connectivity index (χ0v) is 20.1. The van der Waals surface area contributed by atoms with E-state index in [0.29, 0.717) is 18.3 Å². The van der Waals surface area contributed by atoms with Crippen molar-refractivity contribution in [1.29, 1.82) is 0 Å². The van der Waals surface area contributed by atoms with Crippen molar-refractivity contribution in [2.45, 2.75) is 83.5 Å². The fourth-order valence-electron chi connectivity index (χ4n) is 3.67. The highest BCUT2D eigenvalue weighted by Gasteiger charge is 2.54. The van der Waals surface area contributed by atoms with Gasteiger partial charge in [0.25, 0.3) is 0 Å². The second-order valence-corrected chi connectivity index (χ2v) is 10.6. The van der Waals surface area contributed by atoms with Gasteiger partial charge in [-0.2, -0.15) is 0 Å². The molecule has 2 N–H and O–H groups in total. The second-order valence-electron chi connectivity index (χ2n) is 10.6. The molecule has 1 aliphatic heterocycles. The molecule has 174 valence electrons. The van der Waals surface area contributed by atoms with Gasteiger partial charge in [0.05, 0.1) is 16.6 Å². The molecule has 2 fully saturated rings. The van der Waals surface area contributed by atoms with Crippen molar-refractivity contribution in [3.8, 4) is 0 Å². The molecule has 0 bridgehead atoms. The second kappa shape index (κ2) is 8.23. The summed E-state index contributed by atoms with van der Waals surface area (Å²) >= 11 is 0. The van der Waals surface area contributed by atoms with Crippen LogP contribution in [0.4, 0.5) is 4.79 Å². The zero-order chi connectivity index (χ0) is 23.9. The number of benzene rings is 1. The minimum Gasteiger partial charge on any atom is -0.481 e. The van der Waals surface area contributed by atoms with Gasteiger partial charge in [-0.25, -0.2) is 4.79 Å². The lowest BCUT2D eigenvalue weighted by molar-refractivity contribution is -0.140. The molecular weight excluding hydrogens is 409 g/mol. The monoisotopic (exact) mass is 443 g/mol. The van der Waals surface area contributed by atoms with E-state index >= 15 is 0 Å². The van der Waals surface area contributed by atoms with Crippen LogP contribution in [0.2, 0.25) is 0 Å². The van der Waals surface area contributed by atoms with Gasteiger partial charge in [-0.15, -0.1) is 0 Å². The highest BCUT2D eigenvalue weighted by Crippen LogP contribution is 2.50. The van der Waals surface area contributed by atoms with Gasteiger partial charge in [0, 0.05) is 6.54 Å². The van der Waals surface area contributed by atoms with E-state index in [1.807, 2.05) is 58.0 Å². The Morgan fingerprint density at radius 1 is 1.12 bits per heavy atom. The summed E-state index contributed by atoms with van der Waals surface area (Å²) < 4.78 is 17.8. The molecule has 3 rings (SSSR count). The van der Waals surface area contributed by atoms with E-state index in [1.54, 1.807) is 20.8 Å². The molecule has 0 unspecified atom stereocenters. The Hall–Kier alpha value is -2.32. The average Bonchev–Trinajstić information content (AvgIpc) is 3.41. The van der Waals surface area contributed by atoms with E-state index in [0.717, 1.165) is 11.1 Å². The maximum absolute atomic E-state index is 12.3. The number of nitrogens with one attached hydrogen (secondary N) is 1. The summed E-state index contributed by atoms with van der Waals surface area (Å²) in [6, 6.07) is 7.46. The van der Waals surface area contributed by atoms with Crippen molar-refractivity contribution in [2.24, 2.45) is 0 Å². The Balaban J connectivity index is 1.95. The molecule has 2 aliphatic rings. The Morgan fingerprint density at radius 3 is 2.19 bits per heavy atom. The number of carbonyl (C=O) groups is 2. The number of carboxylic acids is 1.